The van der Waals surface area contributed by atoms with Gasteiger partial charge in [-0.3, -0.25) is 4.79 Å². The highest BCUT2D eigenvalue weighted by Gasteiger charge is 2.23. The molecule has 4 rings (SSSR count). The minimum atomic E-state index is -1.01. The third kappa shape index (κ3) is 3.75. The van der Waals surface area contributed by atoms with E-state index in [2.05, 4.69) is 15.4 Å². The third-order valence-electron chi connectivity index (χ3n) is 4.39. The maximum atomic E-state index is 12.5. The van der Waals surface area contributed by atoms with Crippen LogP contribution in [0.5, 0.6) is 11.5 Å². The SMILES string of the molecule is Cc1c(C(=O)OC(C)C(=O)Nc2ccc3c(c2)OCO3)cnn1-c1ccccn1. The van der Waals surface area contributed by atoms with Crippen LogP contribution in [0.25, 0.3) is 5.82 Å². The van der Waals surface area contributed by atoms with Crippen molar-refractivity contribution in [3.63, 3.8) is 0 Å². The fourth-order valence-corrected chi connectivity index (χ4v) is 2.82. The maximum Gasteiger partial charge on any atom is 0.342 e. The van der Waals surface area contributed by atoms with Gasteiger partial charge in [-0.25, -0.2) is 14.5 Å². The summed E-state index contributed by atoms with van der Waals surface area (Å²) in [6.45, 7) is 3.38. The lowest BCUT2D eigenvalue weighted by Gasteiger charge is -2.13. The van der Waals surface area contributed by atoms with Gasteiger partial charge in [-0.15, -0.1) is 0 Å². The lowest BCUT2D eigenvalue weighted by Crippen LogP contribution is -2.30. The summed E-state index contributed by atoms with van der Waals surface area (Å²) in [5.41, 5.74) is 1.34. The Bertz CT molecular complexity index is 1060. The van der Waals surface area contributed by atoms with E-state index >= 15 is 0 Å². The normalized spacial score (nSPS) is 13.0. The number of esters is 1. The van der Waals surface area contributed by atoms with Gasteiger partial charge in [0.2, 0.25) is 6.79 Å². The molecule has 1 aliphatic rings. The van der Waals surface area contributed by atoms with Crippen LogP contribution in [0, 0.1) is 6.92 Å². The van der Waals surface area contributed by atoms with Gasteiger partial charge in [0.15, 0.2) is 23.4 Å². The molecule has 9 nitrogen and oxygen atoms in total. The van der Waals surface area contributed by atoms with E-state index in [-0.39, 0.29) is 12.4 Å². The first-order chi connectivity index (χ1) is 14.0. The molecule has 1 aromatic carbocycles. The zero-order chi connectivity index (χ0) is 20.4. The second-order valence-corrected chi connectivity index (χ2v) is 6.35. The third-order valence-corrected chi connectivity index (χ3v) is 4.39. The molecule has 1 unspecified atom stereocenters. The number of benzene rings is 1. The second-order valence-electron chi connectivity index (χ2n) is 6.35. The topological polar surface area (TPSA) is 105 Å². The molecule has 1 aliphatic heterocycles. The molecule has 0 spiro atoms. The molecule has 0 saturated carbocycles. The first-order valence-electron chi connectivity index (χ1n) is 8.90. The van der Waals surface area contributed by atoms with Crippen molar-refractivity contribution in [3.05, 3.63) is 60.0 Å². The number of carbonyl (C=O) groups is 2. The highest BCUT2D eigenvalue weighted by molar-refractivity contribution is 5.97. The van der Waals surface area contributed by atoms with E-state index in [0.29, 0.717) is 28.7 Å². The van der Waals surface area contributed by atoms with Crippen molar-refractivity contribution in [2.24, 2.45) is 0 Å². The van der Waals surface area contributed by atoms with E-state index in [0.717, 1.165) is 0 Å². The summed E-state index contributed by atoms with van der Waals surface area (Å²) in [6.07, 6.45) is 2.02. The van der Waals surface area contributed by atoms with Crippen LogP contribution in [0.4, 0.5) is 5.69 Å². The predicted molar refractivity (Wildman–Crippen MR) is 102 cm³/mol. The number of pyridine rings is 1. The Morgan fingerprint density at radius 2 is 2.03 bits per heavy atom. The number of hydrogen-bond acceptors (Lipinski definition) is 7. The Hall–Kier alpha value is -3.88. The number of nitrogens with one attached hydrogen (secondary N) is 1. The van der Waals surface area contributed by atoms with Gasteiger partial charge >= 0.3 is 5.97 Å². The Balaban J connectivity index is 1.42. The molecular formula is C20H18N4O5. The first-order valence-corrected chi connectivity index (χ1v) is 8.90. The summed E-state index contributed by atoms with van der Waals surface area (Å²) in [5.74, 6) is 0.635. The average Bonchev–Trinajstić information content (AvgIpc) is 3.34. The molecule has 29 heavy (non-hydrogen) atoms. The van der Waals surface area contributed by atoms with Crippen molar-refractivity contribution in [2.75, 3.05) is 12.1 Å². The van der Waals surface area contributed by atoms with Crippen molar-refractivity contribution in [2.45, 2.75) is 20.0 Å². The van der Waals surface area contributed by atoms with E-state index in [1.54, 1.807) is 43.5 Å². The first kappa shape index (κ1) is 18.5. The zero-order valence-electron chi connectivity index (χ0n) is 15.8. The molecule has 3 aromatic rings. The number of ether oxygens (including phenoxy) is 3. The zero-order valence-corrected chi connectivity index (χ0v) is 15.8. The Morgan fingerprint density at radius 3 is 2.83 bits per heavy atom. The molecule has 0 bridgehead atoms. The van der Waals surface area contributed by atoms with Crippen LogP contribution in [0.15, 0.2) is 48.8 Å². The minimum Gasteiger partial charge on any atom is -0.454 e. The Morgan fingerprint density at radius 1 is 1.21 bits per heavy atom. The smallest absolute Gasteiger partial charge is 0.342 e. The van der Waals surface area contributed by atoms with Crippen LogP contribution in [0.1, 0.15) is 23.0 Å². The Kier molecular flexibility index (Phi) is 4.86. The molecule has 1 atom stereocenters. The van der Waals surface area contributed by atoms with Gasteiger partial charge in [0.1, 0.15) is 5.56 Å². The van der Waals surface area contributed by atoms with E-state index in [1.165, 1.54) is 17.8 Å². The second kappa shape index (κ2) is 7.63. The lowest BCUT2D eigenvalue weighted by atomic mass is 10.2. The van der Waals surface area contributed by atoms with Crippen LogP contribution < -0.4 is 14.8 Å². The van der Waals surface area contributed by atoms with Crippen molar-refractivity contribution in [1.82, 2.24) is 14.8 Å². The largest absolute Gasteiger partial charge is 0.454 e. The van der Waals surface area contributed by atoms with Crippen molar-refractivity contribution in [3.8, 4) is 17.3 Å². The van der Waals surface area contributed by atoms with Gasteiger partial charge in [-0.1, -0.05) is 6.07 Å². The average molecular weight is 394 g/mol. The fourth-order valence-electron chi connectivity index (χ4n) is 2.82. The van der Waals surface area contributed by atoms with Crippen LogP contribution in [-0.4, -0.2) is 39.5 Å². The molecule has 9 heteroatoms. The standard InChI is InChI=1S/C20H18N4O5/c1-12-15(10-22-24(12)18-5-3-4-8-21-18)20(26)29-13(2)19(25)23-14-6-7-16-17(9-14)28-11-27-16/h3-10,13H,11H2,1-2H3,(H,23,25). The molecule has 0 fully saturated rings. The number of aromatic nitrogens is 3. The van der Waals surface area contributed by atoms with Crippen LogP contribution >= 0.6 is 0 Å². The number of rotatable bonds is 5. The van der Waals surface area contributed by atoms with Crippen molar-refractivity contribution in [1.29, 1.82) is 0 Å². The maximum absolute atomic E-state index is 12.5. The molecule has 0 radical (unpaired) electrons. The molecule has 2 aromatic heterocycles. The molecule has 148 valence electrons. The number of hydrogen-bond donors (Lipinski definition) is 1. The lowest BCUT2D eigenvalue weighted by molar-refractivity contribution is -0.123. The molecule has 1 N–H and O–H groups in total. The van der Waals surface area contributed by atoms with Gasteiger partial charge in [0, 0.05) is 18.0 Å². The number of anilines is 1. The fraction of sp³-hybridized carbons (Fsp3) is 0.200. The quantitative estimate of drug-likeness (QED) is 0.663. The van der Waals surface area contributed by atoms with Gasteiger partial charge < -0.3 is 19.5 Å². The van der Waals surface area contributed by atoms with Gasteiger partial charge in [0.05, 0.1) is 11.9 Å². The number of nitrogens with zero attached hydrogens (tertiary/aromatic N) is 3. The molecule has 0 aliphatic carbocycles. The minimum absolute atomic E-state index is 0.145. The highest BCUT2D eigenvalue weighted by Crippen LogP contribution is 2.34. The summed E-state index contributed by atoms with van der Waals surface area (Å²) in [4.78, 5) is 29.1. The molecule has 0 saturated heterocycles. The predicted octanol–water partition coefficient (Wildman–Crippen LogP) is 2.49. The highest BCUT2D eigenvalue weighted by atomic mass is 16.7. The van der Waals surface area contributed by atoms with Crippen molar-refractivity contribution >= 4 is 17.6 Å². The summed E-state index contributed by atoms with van der Waals surface area (Å²) >= 11 is 0. The van der Waals surface area contributed by atoms with Crippen LogP contribution in [0.2, 0.25) is 0 Å². The summed E-state index contributed by atoms with van der Waals surface area (Å²) in [6, 6.07) is 10.4. The van der Waals surface area contributed by atoms with Gasteiger partial charge in [-0.2, -0.15) is 5.10 Å². The van der Waals surface area contributed by atoms with E-state index < -0.39 is 18.0 Å². The van der Waals surface area contributed by atoms with E-state index in [1.807, 2.05) is 6.07 Å². The van der Waals surface area contributed by atoms with Gasteiger partial charge in [0.25, 0.3) is 5.91 Å². The number of fused-ring (bicyclic) bond motifs is 1. The van der Waals surface area contributed by atoms with Crippen LogP contribution in [-0.2, 0) is 9.53 Å². The number of amides is 1. The molecule has 3 heterocycles. The summed E-state index contributed by atoms with van der Waals surface area (Å²) < 4.78 is 17.4. The monoisotopic (exact) mass is 394 g/mol. The molecular weight excluding hydrogens is 376 g/mol. The molecule has 1 amide bonds. The van der Waals surface area contributed by atoms with E-state index in [4.69, 9.17) is 14.2 Å². The summed E-state index contributed by atoms with van der Waals surface area (Å²) in [5, 5.41) is 6.88. The van der Waals surface area contributed by atoms with Gasteiger partial charge in [-0.05, 0) is 38.1 Å². The summed E-state index contributed by atoms with van der Waals surface area (Å²) in [7, 11) is 0. The van der Waals surface area contributed by atoms with E-state index in [9.17, 15) is 9.59 Å². The van der Waals surface area contributed by atoms with Crippen LogP contribution in [0.3, 0.4) is 0 Å². The number of carbonyl (C=O) groups excluding carboxylic acids is 2. The Labute approximate surface area is 166 Å². The van der Waals surface area contributed by atoms with Crippen molar-refractivity contribution < 1.29 is 23.8 Å².